The predicted molar refractivity (Wildman–Crippen MR) is 70.9 cm³/mol. The fourth-order valence-electron chi connectivity index (χ4n) is 1.72. The summed E-state index contributed by atoms with van der Waals surface area (Å²) in [5, 5.41) is 11.3. The molecule has 0 radical (unpaired) electrons. The van der Waals surface area contributed by atoms with E-state index in [1.54, 1.807) is 0 Å². The second-order valence-corrected chi connectivity index (χ2v) is 3.84. The molecule has 0 bridgehead atoms. The van der Waals surface area contributed by atoms with Gasteiger partial charge in [-0.3, -0.25) is 13.9 Å². The van der Waals surface area contributed by atoms with Crippen LogP contribution in [0.25, 0.3) is 11.2 Å². The minimum atomic E-state index is -0.476. The molecule has 3 N–H and O–H groups in total. The summed E-state index contributed by atoms with van der Waals surface area (Å²) in [7, 11) is 2.90. The van der Waals surface area contributed by atoms with Crippen molar-refractivity contribution in [3.05, 3.63) is 27.2 Å². The van der Waals surface area contributed by atoms with Crippen LogP contribution in [0.5, 0.6) is 0 Å². The highest BCUT2D eigenvalue weighted by Gasteiger charge is 2.14. The number of aromatic nitrogens is 4. The smallest absolute Gasteiger partial charge is 0.332 e. The third-order valence-electron chi connectivity index (χ3n) is 2.68. The molecule has 2 aromatic heterocycles. The van der Waals surface area contributed by atoms with E-state index in [0.717, 1.165) is 4.57 Å². The van der Waals surface area contributed by atoms with E-state index in [1.807, 2.05) is 0 Å². The first-order valence-electron chi connectivity index (χ1n) is 5.04. The van der Waals surface area contributed by atoms with Gasteiger partial charge in [0.25, 0.3) is 5.56 Å². The number of nitrogens with zero attached hydrogens (tertiary/aromatic N) is 5. The lowest BCUT2D eigenvalue weighted by Gasteiger charge is -2.05. The van der Waals surface area contributed by atoms with Crippen molar-refractivity contribution in [1.82, 2.24) is 18.7 Å². The molecule has 0 aromatic carbocycles. The van der Waals surface area contributed by atoms with Gasteiger partial charge in [0, 0.05) is 14.1 Å². The van der Waals surface area contributed by atoms with E-state index in [-0.39, 0.29) is 36.0 Å². The molecule has 0 aliphatic rings. The Kier molecular flexibility index (Phi) is 4.00. The van der Waals surface area contributed by atoms with Gasteiger partial charge in [-0.05, 0) is 0 Å². The van der Waals surface area contributed by atoms with Gasteiger partial charge in [0.1, 0.15) is 0 Å². The number of aryl methyl sites for hydroxylation is 1. The Balaban J connectivity index is 0.00000180. The Bertz CT molecular complexity index is 756. The summed E-state index contributed by atoms with van der Waals surface area (Å²) in [5.74, 6) is -0.0646. The number of amidine groups is 1. The van der Waals surface area contributed by atoms with Crippen molar-refractivity contribution in [2.24, 2.45) is 25.0 Å². The lowest BCUT2D eigenvalue weighted by Crippen LogP contribution is -2.37. The monoisotopic (exact) mass is 288 g/mol. The van der Waals surface area contributed by atoms with Gasteiger partial charge in [0.05, 0.1) is 12.9 Å². The lowest BCUT2D eigenvalue weighted by molar-refractivity contribution is 0.316. The number of hydrogen-bond acceptors (Lipinski definition) is 5. The summed E-state index contributed by atoms with van der Waals surface area (Å²) in [6, 6.07) is 0. The number of fused-ring (bicyclic) bond motifs is 1. The summed E-state index contributed by atoms with van der Waals surface area (Å²) in [4.78, 5) is 27.7. The second-order valence-electron chi connectivity index (χ2n) is 3.84. The van der Waals surface area contributed by atoms with Crippen LogP contribution in [0.1, 0.15) is 0 Å². The first kappa shape index (κ1) is 14.8. The van der Waals surface area contributed by atoms with Crippen LogP contribution in [-0.2, 0) is 20.6 Å². The van der Waals surface area contributed by atoms with Crippen molar-refractivity contribution >= 4 is 29.4 Å². The zero-order valence-corrected chi connectivity index (χ0v) is 11.1. The van der Waals surface area contributed by atoms with Gasteiger partial charge in [-0.2, -0.15) is 0 Å². The average Bonchev–Trinajstić information content (AvgIpc) is 2.77. The van der Waals surface area contributed by atoms with Crippen molar-refractivity contribution in [3.8, 4) is 0 Å². The zero-order valence-electron chi connectivity index (χ0n) is 10.3. The first-order chi connectivity index (χ1) is 8.47. The van der Waals surface area contributed by atoms with Crippen molar-refractivity contribution in [2.75, 3.05) is 0 Å². The van der Waals surface area contributed by atoms with Gasteiger partial charge in [-0.15, -0.1) is 12.4 Å². The molecule has 0 aliphatic heterocycles. The van der Waals surface area contributed by atoms with Crippen LogP contribution in [0.2, 0.25) is 0 Å². The van der Waals surface area contributed by atoms with Crippen LogP contribution < -0.4 is 17.0 Å². The van der Waals surface area contributed by atoms with Crippen LogP contribution in [0.3, 0.4) is 0 Å². The van der Waals surface area contributed by atoms with Crippen LogP contribution in [0.4, 0.5) is 0 Å². The van der Waals surface area contributed by atoms with Gasteiger partial charge in [-0.25, -0.2) is 9.78 Å². The molecule has 0 amide bonds. The van der Waals surface area contributed by atoms with Gasteiger partial charge >= 0.3 is 5.69 Å². The number of nitrogens with two attached hydrogens (primary N) is 1. The third-order valence-corrected chi connectivity index (χ3v) is 2.68. The molecule has 0 saturated carbocycles. The van der Waals surface area contributed by atoms with Crippen LogP contribution in [-0.4, -0.2) is 29.7 Å². The van der Waals surface area contributed by atoms with Crippen molar-refractivity contribution < 1.29 is 5.21 Å². The summed E-state index contributed by atoms with van der Waals surface area (Å²) in [5.41, 5.74) is 4.94. The van der Waals surface area contributed by atoms with Crippen LogP contribution >= 0.6 is 12.4 Å². The quantitative estimate of drug-likeness (QED) is 0.305. The van der Waals surface area contributed by atoms with Crippen LogP contribution in [0, 0.1) is 0 Å². The first-order valence-corrected chi connectivity index (χ1v) is 5.04. The summed E-state index contributed by atoms with van der Waals surface area (Å²) in [6.07, 6.45) is 1.36. The van der Waals surface area contributed by atoms with Crippen molar-refractivity contribution in [3.63, 3.8) is 0 Å². The van der Waals surface area contributed by atoms with E-state index in [0.29, 0.717) is 0 Å². The number of imidazole rings is 1. The van der Waals surface area contributed by atoms with Gasteiger partial charge in [-0.1, -0.05) is 5.16 Å². The minimum absolute atomic E-state index is 0. The maximum absolute atomic E-state index is 12.0. The van der Waals surface area contributed by atoms with Gasteiger partial charge in [0.2, 0.25) is 0 Å². The lowest BCUT2D eigenvalue weighted by atomic mass is 10.4. The SMILES string of the molecule is Cl.Cn1c(=O)c2c(ncn2C/C(N)=N/O)n(C)c1=O. The topological polar surface area (TPSA) is 120 Å². The molecule has 9 nitrogen and oxygen atoms in total. The Morgan fingerprint density at radius 1 is 1.42 bits per heavy atom. The summed E-state index contributed by atoms with van der Waals surface area (Å²) >= 11 is 0. The molecule has 0 atom stereocenters. The summed E-state index contributed by atoms with van der Waals surface area (Å²) < 4.78 is 3.67. The maximum atomic E-state index is 12.0. The third kappa shape index (κ3) is 2.19. The predicted octanol–water partition coefficient (Wildman–Crippen LogP) is -1.40. The molecule has 10 heteroatoms. The fraction of sp³-hybridized carbons (Fsp3) is 0.333. The maximum Gasteiger partial charge on any atom is 0.332 e. The van der Waals surface area contributed by atoms with E-state index < -0.39 is 11.2 Å². The van der Waals surface area contributed by atoms with Crippen LogP contribution in [0.15, 0.2) is 21.1 Å². The molecule has 2 rings (SSSR count). The number of halogens is 1. The van der Waals surface area contributed by atoms with Gasteiger partial charge < -0.3 is 15.5 Å². The average molecular weight is 289 g/mol. The highest BCUT2D eigenvalue weighted by atomic mass is 35.5. The molecule has 0 spiro atoms. The molecule has 0 saturated heterocycles. The van der Waals surface area contributed by atoms with E-state index in [1.165, 1.54) is 29.6 Å². The van der Waals surface area contributed by atoms with E-state index in [4.69, 9.17) is 10.9 Å². The fourth-order valence-corrected chi connectivity index (χ4v) is 1.72. The summed E-state index contributed by atoms with van der Waals surface area (Å²) in [6.45, 7) is 0.0143. The number of rotatable bonds is 2. The molecule has 2 heterocycles. The molecule has 2 aromatic rings. The Morgan fingerprint density at radius 3 is 2.63 bits per heavy atom. The Morgan fingerprint density at radius 2 is 2.05 bits per heavy atom. The second kappa shape index (κ2) is 5.14. The molecule has 0 unspecified atom stereocenters. The zero-order chi connectivity index (χ0) is 13.4. The number of oxime groups is 1. The molecule has 0 aliphatic carbocycles. The Labute approximate surface area is 113 Å². The van der Waals surface area contributed by atoms with Gasteiger partial charge in [0.15, 0.2) is 17.0 Å². The molecule has 104 valence electrons. The van der Waals surface area contributed by atoms with E-state index >= 15 is 0 Å². The molecular formula is C9H13ClN6O3. The largest absolute Gasteiger partial charge is 0.409 e. The Hall–Kier alpha value is -2.29. The number of hydrogen-bond donors (Lipinski definition) is 2. The van der Waals surface area contributed by atoms with Crippen molar-refractivity contribution in [2.45, 2.75) is 6.54 Å². The standard InChI is InChI=1S/C9H12N6O3.ClH/c1-13-7-6(8(16)14(2)9(13)17)15(4-11-7)3-5(10)12-18;/h4,18H,3H2,1-2H3,(H2,10,12);1H. The molecule has 0 fully saturated rings. The minimum Gasteiger partial charge on any atom is -0.409 e. The highest BCUT2D eigenvalue weighted by molar-refractivity contribution is 5.85. The van der Waals surface area contributed by atoms with Crippen molar-refractivity contribution in [1.29, 1.82) is 0 Å². The molecular weight excluding hydrogens is 276 g/mol. The normalized spacial score (nSPS) is 11.6. The highest BCUT2D eigenvalue weighted by Crippen LogP contribution is 2.04. The van der Waals surface area contributed by atoms with E-state index in [2.05, 4.69) is 10.1 Å². The molecule has 19 heavy (non-hydrogen) atoms. The van der Waals surface area contributed by atoms with E-state index in [9.17, 15) is 9.59 Å².